The van der Waals surface area contributed by atoms with Gasteiger partial charge in [-0.1, -0.05) is 13.8 Å². The Morgan fingerprint density at radius 2 is 2.03 bits per heavy atom. The van der Waals surface area contributed by atoms with Crippen LogP contribution < -0.4 is 10.6 Å². The molecular weight excluding hydrogens is 392 g/mol. The van der Waals surface area contributed by atoms with Gasteiger partial charge in [0.25, 0.3) is 0 Å². The van der Waals surface area contributed by atoms with E-state index in [9.17, 15) is 4.79 Å². The van der Waals surface area contributed by atoms with E-state index in [0.29, 0.717) is 5.92 Å². The summed E-state index contributed by atoms with van der Waals surface area (Å²) in [6.07, 6.45) is 6.41. The van der Waals surface area contributed by atoms with E-state index in [1.54, 1.807) is 0 Å². The van der Waals surface area contributed by atoms with Crippen LogP contribution in [-0.2, 0) is 11.3 Å². The topological polar surface area (TPSA) is 83.8 Å². The lowest BCUT2D eigenvalue weighted by atomic mass is 10.0. The Morgan fingerprint density at radius 3 is 2.58 bits per heavy atom. The first kappa shape index (κ1) is 26.8. The number of aliphatic imine (C=N–C) groups is 1. The van der Waals surface area contributed by atoms with Gasteiger partial charge in [-0.25, -0.2) is 9.78 Å². The van der Waals surface area contributed by atoms with E-state index in [2.05, 4.69) is 45.9 Å². The second kappa shape index (κ2) is 13.2. The van der Waals surface area contributed by atoms with Gasteiger partial charge in [0.1, 0.15) is 11.4 Å². The first-order valence-electron chi connectivity index (χ1n) is 11.5. The van der Waals surface area contributed by atoms with Gasteiger partial charge < -0.3 is 24.8 Å². The third-order valence-electron chi connectivity index (χ3n) is 4.97. The highest BCUT2D eigenvalue weighted by atomic mass is 16.6. The van der Waals surface area contributed by atoms with Crippen LogP contribution in [0.15, 0.2) is 17.4 Å². The molecular formula is C23H44N6O2. The van der Waals surface area contributed by atoms with Crippen LogP contribution in [0.2, 0.25) is 0 Å². The van der Waals surface area contributed by atoms with Crippen LogP contribution in [0.1, 0.15) is 66.6 Å². The fourth-order valence-electron chi connectivity index (χ4n) is 3.16. The smallest absolute Gasteiger partial charge is 0.407 e. The number of aryl methyl sites for hydroxylation is 2. The zero-order chi connectivity index (χ0) is 23.4. The Balaban J connectivity index is 2.51. The van der Waals surface area contributed by atoms with Gasteiger partial charge in [-0.05, 0) is 59.8 Å². The molecule has 0 aliphatic carbocycles. The molecule has 8 heteroatoms. The lowest BCUT2D eigenvalue weighted by molar-refractivity contribution is 0.0486. The molecule has 0 bridgehead atoms. The number of unbranched alkanes of at least 4 members (excludes halogenated alkanes) is 1. The molecule has 1 atom stereocenters. The van der Waals surface area contributed by atoms with Crippen molar-refractivity contribution in [3.05, 3.63) is 18.2 Å². The number of aromatic nitrogens is 2. The van der Waals surface area contributed by atoms with Gasteiger partial charge in [0.15, 0.2) is 5.96 Å². The molecule has 0 saturated heterocycles. The van der Waals surface area contributed by atoms with Crippen molar-refractivity contribution in [1.82, 2.24) is 25.1 Å². The van der Waals surface area contributed by atoms with Crippen LogP contribution in [0, 0.1) is 12.8 Å². The molecule has 0 aromatic carbocycles. The Morgan fingerprint density at radius 1 is 1.32 bits per heavy atom. The van der Waals surface area contributed by atoms with Crippen molar-refractivity contribution >= 4 is 12.1 Å². The van der Waals surface area contributed by atoms with Crippen LogP contribution in [0.25, 0.3) is 0 Å². The van der Waals surface area contributed by atoms with Crippen LogP contribution in [0.3, 0.4) is 0 Å². The molecule has 1 rings (SSSR count). The Labute approximate surface area is 188 Å². The summed E-state index contributed by atoms with van der Waals surface area (Å²) in [5, 5.41) is 6.39. The number of hydrogen-bond acceptors (Lipinski definition) is 4. The minimum absolute atomic E-state index is 0.0404. The molecule has 31 heavy (non-hydrogen) atoms. The lowest BCUT2D eigenvalue weighted by Crippen LogP contribution is -2.45. The number of alkyl carbamates (subject to hydrolysis) is 1. The number of rotatable bonds is 11. The summed E-state index contributed by atoms with van der Waals surface area (Å²) in [6, 6.07) is 0.0404. The SMILES string of the molecule is CCNC(=NCCCCn1ccnc1C)N(C)CCC(NC(=O)OC(C)(C)C)C(C)C. The molecule has 8 nitrogen and oxygen atoms in total. The molecule has 1 aromatic heterocycles. The molecule has 1 unspecified atom stereocenters. The number of nitrogens with one attached hydrogen (secondary N) is 2. The number of carbonyl (C=O) groups is 1. The molecule has 0 fully saturated rings. The molecule has 0 radical (unpaired) electrons. The van der Waals surface area contributed by atoms with Gasteiger partial charge in [0, 0.05) is 51.7 Å². The molecule has 1 aromatic rings. The Hall–Kier alpha value is -2.25. The highest BCUT2D eigenvalue weighted by molar-refractivity contribution is 5.79. The number of amides is 1. The van der Waals surface area contributed by atoms with Crippen LogP contribution in [0.4, 0.5) is 4.79 Å². The molecule has 1 amide bonds. The third-order valence-corrected chi connectivity index (χ3v) is 4.97. The van der Waals surface area contributed by atoms with Crippen molar-refractivity contribution in [2.45, 2.75) is 85.9 Å². The van der Waals surface area contributed by atoms with Gasteiger partial charge in [-0.15, -0.1) is 0 Å². The second-order valence-electron chi connectivity index (χ2n) is 9.32. The van der Waals surface area contributed by atoms with Crippen molar-refractivity contribution < 1.29 is 9.53 Å². The summed E-state index contributed by atoms with van der Waals surface area (Å²) in [4.78, 5) is 23.3. The zero-order valence-corrected chi connectivity index (χ0v) is 20.9. The minimum atomic E-state index is -0.496. The fraction of sp³-hybridized carbons (Fsp3) is 0.783. The summed E-state index contributed by atoms with van der Waals surface area (Å²) in [5.74, 6) is 2.27. The maximum absolute atomic E-state index is 12.2. The quantitative estimate of drug-likeness (QED) is 0.313. The second-order valence-corrected chi connectivity index (χ2v) is 9.32. The number of ether oxygens (including phenoxy) is 1. The molecule has 0 aliphatic rings. The van der Waals surface area contributed by atoms with E-state index in [1.807, 2.05) is 47.1 Å². The van der Waals surface area contributed by atoms with E-state index >= 15 is 0 Å². The van der Waals surface area contributed by atoms with Gasteiger partial charge in [0.2, 0.25) is 0 Å². The van der Waals surface area contributed by atoms with Gasteiger partial charge in [-0.2, -0.15) is 0 Å². The van der Waals surface area contributed by atoms with Gasteiger partial charge in [-0.3, -0.25) is 4.99 Å². The van der Waals surface area contributed by atoms with Crippen molar-refractivity contribution in [2.24, 2.45) is 10.9 Å². The van der Waals surface area contributed by atoms with Crippen LogP contribution in [-0.4, -0.2) is 64.8 Å². The number of hydrogen-bond donors (Lipinski definition) is 2. The number of guanidine groups is 1. The molecule has 0 spiro atoms. The van der Waals surface area contributed by atoms with Crippen LogP contribution in [0.5, 0.6) is 0 Å². The lowest BCUT2D eigenvalue weighted by Gasteiger charge is -2.28. The summed E-state index contributed by atoms with van der Waals surface area (Å²) < 4.78 is 7.59. The average molecular weight is 437 g/mol. The van der Waals surface area contributed by atoms with Gasteiger partial charge in [0.05, 0.1) is 0 Å². The normalized spacial score (nSPS) is 13.3. The Kier molecular flexibility index (Phi) is 11.4. The van der Waals surface area contributed by atoms with Gasteiger partial charge >= 0.3 is 6.09 Å². The maximum atomic E-state index is 12.2. The van der Waals surface area contributed by atoms with E-state index < -0.39 is 5.60 Å². The fourth-order valence-corrected chi connectivity index (χ4v) is 3.16. The van der Waals surface area contributed by atoms with Crippen molar-refractivity contribution in [3.8, 4) is 0 Å². The number of imidazole rings is 1. The Bertz CT molecular complexity index is 678. The molecule has 0 saturated carbocycles. The maximum Gasteiger partial charge on any atom is 0.407 e. The van der Waals surface area contributed by atoms with Crippen molar-refractivity contribution in [3.63, 3.8) is 0 Å². The van der Waals surface area contributed by atoms with Crippen molar-refractivity contribution in [1.29, 1.82) is 0 Å². The summed E-state index contributed by atoms with van der Waals surface area (Å²) in [6.45, 7) is 17.3. The van der Waals surface area contributed by atoms with Crippen LogP contribution >= 0.6 is 0 Å². The average Bonchev–Trinajstić information content (AvgIpc) is 3.06. The largest absolute Gasteiger partial charge is 0.444 e. The third kappa shape index (κ3) is 11.1. The predicted molar refractivity (Wildman–Crippen MR) is 127 cm³/mol. The molecule has 1 heterocycles. The molecule has 2 N–H and O–H groups in total. The first-order valence-corrected chi connectivity index (χ1v) is 11.5. The minimum Gasteiger partial charge on any atom is -0.444 e. The zero-order valence-electron chi connectivity index (χ0n) is 20.9. The molecule has 0 aliphatic heterocycles. The van der Waals surface area contributed by atoms with E-state index in [0.717, 1.165) is 57.2 Å². The monoisotopic (exact) mass is 436 g/mol. The summed E-state index contributed by atoms with van der Waals surface area (Å²) in [7, 11) is 2.04. The summed E-state index contributed by atoms with van der Waals surface area (Å²) in [5.41, 5.74) is -0.496. The van der Waals surface area contributed by atoms with E-state index in [1.165, 1.54) is 0 Å². The standard InChI is InChI=1S/C23H44N6O2/c1-9-24-21(26-13-10-11-15-29-17-14-25-19(29)4)28(8)16-12-20(18(2)3)27-22(30)31-23(5,6)7/h14,17-18,20H,9-13,15-16H2,1-8H3,(H,24,26)(H,27,30). The van der Waals surface area contributed by atoms with E-state index in [-0.39, 0.29) is 12.1 Å². The van der Waals surface area contributed by atoms with E-state index in [4.69, 9.17) is 9.73 Å². The summed E-state index contributed by atoms with van der Waals surface area (Å²) >= 11 is 0. The predicted octanol–water partition coefficient (Wildman–Crippen LogP) is 3.81. The highest BCUT2D eigenvalue weighted by Crippen LogP contribution is 2.11. The number of carbonyl (C=O) groups excluding carboxylic acids is 1. The van der Waals surface area contributed by atoms with Crippen molar-refractivity contribution in [2.75, 3.05) is 26.7 Å². The first-order chi connectivity index (χ1) is 14.5. The molecule has 178 valence electrons. The number of nitrogens with zero attached hydrogens (tertiary/aromatic N) is 4. The highest BCUT2D eigenvalue weighted by Gasteiger charge is 2.22.